The number of amides is 2. The summed E-state index contributed by atoms with van der Waals surface area (Å²) in [5, 5.41) is 8.66. The highest BCUT2D eigenvalue weighted by Gasteiger charge is 2.58. The topological polar surface area (TPSA) is 81.2 Å². The minimum Gasteiger partial charge on any atom is -0.328 e. The summed E-state index contributed by atoms with van der Waals surface area (Å²) in [6.07, 6.45) is 1.12. The summed E-state index contributed by atoms with van der Waals surface area (Å²) in [6.45, 7) is 5.43. The number of rotatable bonds is 4. The van der Waals surface area contributed by atoms with Gasteiger partial charge in [-0.25, -0.2) is 4.79 Å². The third kappa shape index (κ3) is 3.70. The van der Waals surface area contributed by atoms with Crippen molar-refractivity contribution in [2.75, 3.05) is 39.3 Å². The lowest BCUT2D eigenvalue weighted by Gasteiger charge is -2.63. The molecule has 8 nitrogen and oxygen atoms in total. The van der Waals surface area contributed by atoms with Crippen LogP contribution in [0.2, 0.25) is 0 Å². The Balaban J connectivity index is 0.840. The van der Waals surface area contributed by atoms with Crippen molar-refractivity contribution in [3.8, 4) is 0 Å². The van der Waals surface area contributed by atoms with Gasteiger partial charge in [-0.15, -0.1) is 10.2 Å². The van der Waals surface area contributed by atoms with Gasteiger partial charge in [0.2, 0.25) is 0 Å². The van der Waals surface area contributed by atoms with Gasteiger partial charge in [-0.1, -0.05) is 0 Å². The molecule has 2 amide bonds. The number of nitrogens with one attached hydrogen (secondary N) is 1. The summed E-state index contributed by atoms with van der Waals surface area (Å²) in [5.74, 6) is 3.10. The summed E-state index contributed by atoms with van der Waals surface area (Å²) in [6, 6.07) is 2.68. The van der Waals surface area contributed by atoms with E-state index in [1.165, 1.54) is 18.9 Å². The van der Waals surface area contributed by atoms with E-state index in [0.717, 1.165) is 76.0 Å². The molecular weight excluding hydrogens is 459 g/mol. The van der Waals surface area contributed by atoms with Gasteiger partial charge in [-0.2, -0.15) is 13.2 Å². The molecule has 2 saturated carbocycles. The molecule has 3 saturated heterocycles. The summed E-state index contributed by atoms with van der Waals surface area (Å²) in [7, 11) is 0. The van der Waals surface area contributed by atoms with Crippen molar-refractivity contribution in [3.05, 3.63) is 41.2 Å². The Morgan fingerprint density at radius 3 is 2.14 bits per heavy atom. The number of aromatic nitrogens is 4. The SMILES string of the molecule is O=C(N1CC2(CC(c3nnc(C4CC4)[nH]3)C2)C1)N1CC2(CN(Cc3ccc(C(F)(F)F)cn3)C2)C1. The van der Waals surface area contributed by atoms with E-state index in [4.69, 9.17) is 0 Å². The highest BCUT2D eigenvalue weighted by Crippen LogP contribution is 2.56. The zero-order valence-electron chi connectivity index (χ0n) is 19.4. The van der Waals surface area contributed by atoms with Crippen molar-refractivity contribution < 1.29 is 18.0 Å². The van der Waals surface area contributed by atoms with Gasteiger partial charge in [-0.05, 0) is 37.8 Å². The minimum absolute atomic E-state index is 0.136. The van der Waals surface area contributed by atoms with E-state index in [2.05, 4.69) is 25.1 Å². The molecule has 11 heteroatoms. The van der Waals surface area contributed by atoms with E-state index in [9.17, 15) is 18.0 Å². The molecule has 0 unspecified atom stereocenters. The molecular formula is C24H28F3N7O. The highest BCUT2D eigenvalue weighted by molar-refractivity contribution is 5.77. The molecule has 0 bridgehead atoms. The van der Waals surface area contributed by atoms with Crippen LogP contribution in [0, 0.1) is 10.8 Å². The van der Waals surface area contributed by atoms with Crippen LogP contribution in [0.25, 0.3) is 0 Å². The van der Waals surface area contributed by atoms with Gasteiger partial charge in [0.25, 0.3) is 0 Å². The first-order valence-electron chi connectivity index (χ1n) is 12.4. The molecule has 2 spiro atoms. The Morgan fingerprint density at radius 2 is 1.57 bits per heavy atom. The lowest BCUT2D eigenvalue weighted by molar-refractivity contribution is -0.137. The Kier molecular flexibility index (Phi) is 4.43. The van der Waals surface area contributed by atoms with E-state index in [1.807, 2.05) is 9.80 Å². The molecule has 5 heterocycles. The van der Waals surface area contributed by atoms with Crippen molar-refractivity contribution in [2.24, 2.45) is 10.8 Å². The standard InChI is InChI=1S/C24H28F3N7O/c25-24(26,27)17-3-4-18(28-7-17)8-32-9-23(10-32)13-34(14-23)21(35)33-11-22(12-33)5-16(6-22)20-29-19(30-31-20)15-1-2-15/h3-4,7,15-16H,1-2,5-6,8-14H2,(H,29,30,31). The Morgan fingerprint density at radius 1 is 0.943 bits per heavy atom. The van der Waals surface area contributed by atoms with E-state index in [-0.39, 0.29) is 16.9 Å². The van der Waals surface area contributed by atoms with E-state index >= 15 is 0 Å². The van der Waals surface area contributed by atoms with E-state index in [0.29, 0.717) is 24.1 Å². The van der Waals surface area contributed by atoms with Crippen molar-refractivity contribution >= 4 is 6.03 Å². The number of carbonyl (C=O) groups excluding carboxylic acids is 1. The maximum Gasteiger partial charge on any atom is 0.417 e. The minimum atomic E-state index is -4.36. The van der Waals surface area contributed by atoms with E-state index < -0.39 is 11.7 Å². The zero-order chi connectivity index (χ0) is 24.0. The second-order valence-corrected chi connectivity index (χ2v) is 11.7. The number of hydrogen-bond acceptors (Lipinski definition) is 5. The van der Waals surface area contributed by atoms with Gasteiger partial charge in [0.05, 0.1) is 11.3 Å². The van der Waals surface area contributed by atoms with Crippen molar-refractivity contribution in [3.63, 3.8) is 0 Å². The summed E-state index contributed by atoms with van der Waals surface area (Å²) >= 11 is 0. The average Bonchev–Trinajstić information content (AvgIpc) is 3.44. The molecule has 0 atom stereocenters. The number of carbonyl (C=O) groups is 1. The van der Waals surface area contributed by atoms with Crippen molar-refractivity contribution in [1.29, 1.82) is 0 Å². The summed E-state index contributed by atoms with van der Waals surface area (Å²) in [4.78, 5) is 26.4. The third-order valence-electron chi connectivity index (χ3n) is 8.53. The van der Waals surface area contributed by atoms with Crippen LogP contribution in [-0.2, 0) is 12.7 Å². The molecule has 5 aliphatic rings. The molecule has 2 aromatic heterocycles. The van der Waals surface area contributed by atoms with Crippen LogP contribution >= 0.6 is 0 Å². The van der Waals surface area contributed by atoms with Crippen LogP contribution < -0.4 is 0 Å². The number of urea groups is 1. The number of alkyl halides is 3. The first-order chi connectivity index (χ1) is 16.7. The molecule has 2 aromatic rings. The second kappa shape index (κ2) is 7.18. The van der Waals surface area contributed by atoms with Gasteiger partial charge in [0, 0.05) is 74.7 Å². The largest absolute Gasteiger partial charge is 0.417 e. The maximum atomic E-state index is 12.9. The predicted octanol–water partition coefficient (Wildman–Crippen LogP) is 3.21. The zero-order valence-corrected chi connectivity index (χ0v) is 19.4. The predicted molar refractivity (Wildman–Crippen MR) is 118 cm³/mol. The Labute approximate surface area is 200 Å². The van der Waals surface area contributed by atoms with Gasteiger partial charge >= 0.3 is 12.2 Å². The average molecular weight is 488 g/mol. The van der Waals surface area contributed by atoms with Gasteiger partial charge < -0.3 is 14.8 Å². The van der Waals surface area contributed by atoms with Gasteiger partial charge in [0.15, 0.2) is 0 Å². The monoisotopic (exact) mass is 487 g/mol. The number of halogens is 3. The number of pyridine rings is 1. The quantitative estimate of drug-likeness (QED) is 0.717. The number of hydrogen-bond donors (Lipinski definition) is 1. The molecule has 35 heavy (non-hydrogen) atoms. The van der Waals surface area contributed by atoms with Crippen LogP contribution in [0.1, 0.15) is 60.4 Å². The lowest BCUT2D eigenvalue weighted by atomic mass is 9.57. The summed E-state index contributed by atoms with van der Waals surface area (Å²) in [5.41, 5.74) is 0.313. The second-order valence-electron chi connectivity index (χ2n) is 11.7. The number of nitrogens with zero attached hydrogens (tertiary/aromatic N) is 6. The molecule has 5 fully saturated rings. The molecule has 186 valence electrons. The number of likely N-dealkylation sites (tertiary alicyclic amines) is 3. The molecule has 1 N–H and O–H groups in total. The Hall–Kier alpha value is -2.69. The van der Waals surface area contributed by atoms with E-state index in [1.54, 1.807) is 0 Å². The lowest BCUT2D eigenvalue weighted by Crippen LogP contribution is -2.75. The molecule has 0 aromatic carbocycles. The van der Waals surface area contributed by atoms with Crippen molar-refractivity contribution in [1.82, 2.24) is 34.9 Å². The first-order valence-corrected chi connectivity index (χ1v) is 12.4. The van der Waals surface area contributed by atoms with Crippen LogP contribution in [-0.4, -0.2) is 80.2 Å². The van der Waals surface area contributed by atoms with Crippen LogP contribution in [0.15, 0.2) is 18.3 Å². The fourth-order valence-corrected chi connectivity index (χ4v) is 6.58. The maximum absolute atomic E-state index is 12.9. The van der Waals surface area contributed by atoms with Crippen molar-refractivity contribution in [2.45, 2.75) is 50.2 Å². The van der Waals surface area contributed by atoms with Crippen LogP contribution in [0.4, 0.5) is 18.0 Å². The van der Waals surface area contributed by atoms with Gasteiger partial charge in [0.1, 0.15) is 11.6 Å². The summed E-state index contributed by atoms with van der Waals surface area (Å²) < 4.78 is 38.1. The number of aromatic amines is 1. The molecule has 7 rings (SSSR count). The fraction of sp³-hybridized carbons (Fsp3) is 0.667. The smallest absolute Gasteiger partial charge is 0.328 e. The van der Waals surface area contributed by atoms with Crippen LogP contribution in [0.5, 0.6) is 0 Å². The molecule has 0 radical (unpaired) electrons. The third-order valence-corrected chi connectivity index (χ3v) is 8.53. The Bertz CT molecular complexity index is 1130. The molecule has 2 aliphatic carbocycles. The highest BCUT2D eigenvalue weighted by atomic mass is 19.4. The number of H-pyrrole nitrogens is 1. The van der Waals surface area contributed by atoms with Gasteiger partial charge in [-0.3, -0.25) is 9.88 Å². The van der Waals surface area contributed by atoms with Crippen LogP contribution in [0.3, 0.4) is 0 Å². The molecule has 3 aliphatic heterocycles. The first kappa shape index (κ1) is 21.6. The fourth-order valence-electron chi connectivity index (χ4n) is 6.58. The normalized spacial score (nSPS) is 25.2.